The summed E-state index contributed by atoms with van der Waals surface area (Å²) in [5.74, 6) is -0.0825. The number of ether oxygens (including phenoxy) is 2. The van der Waals surface area contributed by atoms with Crippen molar-refractivity contribution in [1.29, 1.82) is 0 Å². The van der Waals surface area contributed by atoms with Gasteiger partial charge in [0.05, 0.1) is 25.3 Å². The molecule has 0 aliphatic rings. The third-order valence-corrected chi connectivity index (χ3v) is 8.49. The molecule has 8 nitrogen and oxygen atoms in total. The van der Waals surface area contributed by atoms with Crippen molar-refractivity contribution in [2.45, 2.75) is 53.4 Å². The van der Waals surface area contributed by atoms with Crippen LogP contribution >= 0.6 is 7.82 Å². The van der Waals surface area contributed by atoms with E-state index in [0.29, 0.717) is 24.0 Å². The van der Waals surface area contributed by atoms with Crippen LogP contribution < -0.4 is 53.0 Å². The van der Waals surface area contributed by atoms with E-state index in [1.807, 2.05) is 52.0 Å². The fourth-order valence-corrected chi connectivity index (χ4v) is 5.99. The number of phosphoric acid groups is 1. The first-order valence-corrected chi connectivity index (χ1v) is 16.1. The van der Waals surface area contributed by atoms with Gasteiger partial charge in [-0.15, -0.1) is 0 Å². The third-order valence-electron chi connectivity index (χ3n) is 7.62. The average molecular weight is 653 g/mol. The summed E-state index contributed by atoms with van der Waals surface area (Å²) in [7, 11) is -2.14. The van der Waals surface area contributed by atoms with Crippen LogP contribution in [0.2, 0.25) is 0 Å². The molecule has 0 saturated heterocycles. The quantitative estimate of drug-likeness (QED) is 0.111. The number of carbonyl (C=O) groups is 2. The Bertz CT molecular complexity index is 1640. The van der Waals surface area contributed by atoms with Crippen molar-refractivity contribution in [3.05, 3.63) is 117 Å². The average Bonchev–Trinajstić information content (AvgIpc) is 2.99. The van der Waals surface area contributed by atoms with Crippen LogP contribution in [0.1, 0.15) is 66.9 Å². The Hall–Kier alpha value is -3.39. The molecule has 0 atom stereocenters. The second-order valence-electron chi connectivity index (χ2n) is 11.1. The monoisotopic (exact) mass is 652 g/mol. The van der Waals surface area contributed by atoms with Crippen LogP contribution in [-0.4, -0.2) is 25.8 Å². The number of ketones is 2. The van der Waals surface area contributed by atoms with E-state index in [1.54, 1.807) is 0 Å². The van der Waals surface area contributed by atoms with Crippen molar-refractivity contribution in [3.8, 4) is 23.0 Å². The predicted octanol–water partition coefficient (Wildman–Crippen LogP) is 4.50. The van der Waals surface area contributed by atoms with E-state index in [9.17, 15) is 19.0 Å². The van der Waals surface area contributed by atoms with Gasteiger partial charge in [-0.2, -0.15) is 0 Å². The van der Waals surface area contributed by atoms with Gasteiger partial charge in [0.25, 0.3) is 0 Å². The second-order valence-corrected chi connectivity index (χ2v) is 12.3. The van der Waals surface area contributed by atoms with Gasteiger partial charge in [0.2, 0.25) is 0 Å². The molecule has 4 aromatic rings. The normalized spacial score (nSPS) is 10.9. The van der Waals surface area contributed by atoms with Gasteiger partial charge in [-0.1, -0.05) is 47.5 Å². The minimum atomic E-state index is -4.93. The number of hydrogen-bond acceptors (Lipinski definition) is 8. The molecule has 0 amide bonds. The molecule has 0 bridgehead atoms. The summed E-state index contributed by atoms with van der Waals surface area (Å²) in [6, 6.07) is 20.6. The summed E-state index contributed by atoms with van der Waals surface area (Å²) < 4.78 is 33.9. The number of benzene rings is 4. The molecule has 10 heteroatoms. The first-order chi connectivity index (χ1) is 21.4. The maximum absolute atomic E-state index is 13.0. The Kier molecular flexibility index (Phi) is 13.2. The molecule has 46 heavy (non-hydrogen) atoms. The molecule has 0 aliphatic heterocycles. The number of methoxy groups -OCH3 is 2. The van der Waals surface area contributed by atoms with Gasteiger partial charge < -0.3 is 23.4 Å². The van der Waals surface area contributed by atoms with E-state index in [2.05, 4.69) is 12.1 Å². The topological polar surface area (TPSA) is 111 Å². The number of aryl methyl sites for hydroxylation is 6. The van der Waals surface area contributed by atoms with Crippen LogP contribution in [0.5, 0.6) is 23.0 Å². The molecule has 0 saturated carbocycles. The van der Waals surface area contributed by atoms with Gasteiger partial charge in [0, 0.05) is 25.0 Å². The Morgan fingerprint density at radius 2 is 1.02 bits per heavy atom. The third kappa shape index (κ3) is 9.81. The zero-order chi connectivity index (χ0) is 32.7. The second kappa shape index (κ2) is 16.4. The van der Waals surface area contributed by atoms with Crippen LogP contribution in [0.3, 0.4) is 0 Å². The van der Waals surface area contributed by atoms with Crippen molar-refractivity contribution in [1.82, 2.24) is 0 Å². The number of Topliss-reactive ketones (excluding diaryl/α,β-unsaturated/α-hetero) is 2. The first kappa shape index (κ1) is 37.1. The Morgan fingerprint density at radius 3 is 1.37 bits per heavy atom. The molecule has 0 fully saturated rings. The number of phosphoric ester groups is 1. The molecule has 4 aromatic carbocycles. The van der Waals surface area contributed by atoms with Crippen LogP contribution in [0.15, 0.2) is 72.8 Å². The molecule has 0 aliphatic carbocycles. The van der Waals surface area contributed by atoms with Gasteiger partial charge in [0.15, 0.2) is 11.6 Å². The van der Waals surface area contributed by atoms with Crippen LogP contribution in [-0.2, 0) is 17.4 Å². The van der Waals surface area contributed by atoms with Crippen LogP contribution in [0, 0.1) is 27.7 Å². The summed E-state index contributed by atoms with van der Waals surface area (Å²) in [5, 5.41) is 0. The van der Waals surface area contributed by atoms with Crippen molar-refractivity contribution >= 4 is 19.4 Å². The molecular formula is C36H38NaO8P. The zero-order valence-corrected chi connectivity index (χ0v) is 30.4. The summed E-state index contributed by atoms with van der Waals surface area (Å²) in [5.41, 5.74) is 7.37. The number of carbonyl (C=O) groups excluding carboxylic acids is 2. The summed E-state index contributed by atoms with van der Waals surface area (Å²) in [6.45, 7) is 8.07. The van der Waals surface area contributed by atoms with E-state index in [0.717, 1.165) is 33.4 Å². The van der Waals surface area contributed by atoms with E-state index >= 15 is 0 Å². The summed E-state index contributed by atoms with van der Waals surface area (Å²) in [6.07, 6.45) is 1.65. The van der Waals surface area contributed by atoms with Gasteiger partial charge in [-0.05, 0) is 87.1 Å². The maximum Gasteiger partial charge on any atom is 1.00 e. The molecule has 0 N–H and O–H groups in total. The number of hydrogen-bond donors (Lipinski definition) is 0. The summed E-state index contributed by atoms with van der Waals surface area (Å²) >= 11 is 0. The van der Waals surface area contributed by atoms with Crippen LogP contribution in [0.25, 0.3) is 0 Å². The van der Waals surface area contributed by atoms with Crippen LogP contribution in [0.4, 0.5) is 0 Å². The standard InChI is InChI=1S/C36H39O8P.Na/c1-23-7-9-27(25(3)19-23)11-17-33(37)31-15-13-29(21-35(31)41-5)43-45(39,40)44-30-14-16-32(36(22-30)42-6)34(38)18-12-28-10-8-24(2)20-26(28)4;/h7-10,13-16,19-22H,11-12,17-18H2,1-6H3,(H,39,40);/q;+1/p-1. The smallest absolute Gasteiger partial charge is 0.736 e. The Labute approximate surface area is 293 Å². The zero-order valence-electron chi connectivity index (χ0n) is 27.5. The van der Waals surface area contributed by atoms with Gasteiger partial charge in [-0.3, -0.25) is 9.59 Å². The molecule has 0 heterocycles. The predicted molar refractivity (Wildman–Crippen MR) is 172 cm³/mol. The van der Waals surface area contributed by atoms with Gasteiger partial charge in [0.1, 0.15) is 23.0 Å². The van der Waals surface area contributed by atoms with Gasteiger partial charge >= 0.3 is 37.4 Å². The molecule has 0 radical (unpaired) electrons. The first-order valence-electron chi connectivity index (χ1n) is 14.6. The fourth-order valence-electron chi connectivity index (χ4n) is 5.21. The minimum absolute atomic E-state index is 0. The Morgan fingerprint density at radius 1 is 0.630 bits per heavy atom. The van der Waals surface area contributed by atoms with Gasteiger partial charge in [-0.25, -0.2) is 4.57 Å². The SMILES string of the molecule is COc1cc(OP(=O)([O-])Oc2ccc(C(=O)CCc3ccc(C)cc3C)c(OC)c2)ccc1C(=O)CCc1ccc(C)cc1C.[Na+]. The van der Waals surface area contributed by atoms with E-state index in [-0.39, 0.29) is 77.0 Å². The van der Waals surface area contributed by atoms with E-state index < -0.39 is 7.82 Å². The molecule has 4 rings (SSSR count). The molecule has 0 spiro atoms. The molecular weight excluding hydrogens is 614 g/mol. The van der Waals surface area contributed by atoms with Crippen molar-refractivity contribution in [3.63, 3.8) is 0 Å². The van der Waals surface area contributed by atoms with Crippen molar-refractivity contribution in [2.75, 3.05) is 14.2 Å². The fraction of sp³-hybridized carbons (Fsp3) is 0.278. The number of rotatable bonds is 14. The van der Waals surface area contributed by atoms with Crippen molar-refractivity contribution < 1.29 is 67.1 Å². The molecule has 236 valence electrons. The van der Waals surface area contributed by atoms with Crippen molar-refractivity contribution in [2.24, 2.45) is 0 Å². The largest absolute Gasteiger partial charge is 1.00 e. The minimum Gasteiger partial charge on any atom is -0.736 e. The summed E-state index contributed by atoms with van der Waals surface area (Å²) in [4.78, 5) is 38.8. The Balaban J connectivity index is 0.00000576. The maximum atomic E-state index is 13.0. The van der Waals surface area contributed by atoms with E-state index in [4.69, 9.17) is 18.5 Å². The molecule has 0 unspecified atom stereocenters. The molecule has 0 aromatic heterocycles. The van der Waals surface area contributed by atoms with E-state index in [1.165, 1.54) is 50.6 Å².